The number of nitrogen functional groups attached to an aromatic ring is 1. The molecule has 112 valence electrons. The highest BCUT2D eigenvalue weighted by Gasteiger charge is 2.12. The lowest BCUT2D eigenvalue weighted by Gasteiger charge is -2.20. The predicted octanol–water partition coefficient (Wildman–Crippen LogP) is 2.68. The van der Waals surface area contributed by atoms with Crippen molar-refractivity contribution in [2.45, 2.75) is 19.4 Å². The molecule has 0 aliphatic rings. The molecule has 0 heterocycles. The van der Waals surface area contributed by atoms with Crippen molar-refractivity contribution in [2.75, 3.05) is 24.3 Å². The molecule has 0 radical (unpaired) electrons. The van der Waals surface area contributed by atoms with Crippen LogP contribution in [0.5, 0.6) is 5.75 Å². The van der Waals surface area contributed by atoms with Crippen LogP contribution < -0.4 is 15.8 Å². The molecule has 0 aliphatic heterocycles. The van der Waals surface area contributed by atoms with Gasteiger partial charge in [0.05, 0.1) is 30.6 Å². The Morgan fingerprint density at radius 2 is 1.90 bits per heavy atom. The van der Waals surface area contributed by atoms with Crippen LogP contribution in [0.3, 0.4) is 0 Å². The second kappa shape index (κ2) is 7.55. The number of aliphatic hydroxyl groups excluding tert-OH is 1. The molecular formula is C17H22N2O2. The molecule has 21 heavy (non-hydrogen) atoms. The summed E-state index contributed by atoms with van der Waals surface area (Å²) in [5.41, 5.74) is 8.63. The molecule has 0 saturated carbocycles. The van der Waals surface area contributed by atoms with Gasteiger partial charge in [0.15, 0.2) is 0 Å². The first-order valence-electron chi connectivity index (χ1n) is 7.17. The summed E-state index contributed by atoms with van der Waals surface area (Å²) in [6, 6.07) is 15.6. The van der Waals surface area contributed by atoms with Crippen LogP contribution >= 0.6 is 0 Å². The highest BCUT2D eigenvalue weighted by Crippen LogP contribution is 2.30. The van der Waals surface area contributed by atoms with Gasteiger partial charge in [-0.3, -0.25) is 0 Å². The number of ether oxygens (including phenoxy) is 1. The van der Waals surface area contributed by atoms with Crippen LogP contribution in [0.4, 0.5) is 11.4 Å². The Balaban J connectivity index is 2.10. The van der Waals surface area contributed by atoms with Crippen LogP contribution in [0.15, 0.2) is 48.5 Å². The summed E-state index contributed by atoms with van der Waals surface area (Å²) >= 11 is 0. The van der Waals surface area contributed by atoms with E-state index >= 15 is 0 Å². The molecule has 4 heteroatoms. The number of rotatable bonds is 7. The first-order chi connectivity index (χ1) is 10.2. The molecule has 0 amide bonds. The van der Waals surface area contributed by atoms with Crippen LogP contribution in [-0.4, -0.2) is 24.4 Å². The number of anilines is 2. The topological polar surface area (TPSA) is 67.5 Å². The maximum absolute atomic E-state index is 9.58. The average Bonchev–Trinajstić information content (AvgIpc) is 2.51. The maximum atomic E-state index is 9.58. The summed E-state index contributed by atoms with van der Waals surface area (Å²) in [4.78, 5) is 0. The van der Waals surface area contributed by atoms with E-state index in [0.29, 0.717) is 18.0 Å². The first-order valence-corrected chi connectivity index (χ1v) is 7.17. The van der Waals surface area contributed by atoms with Crippen LogP contribution in [0.2, 0.25) is 0 Å². The zero-order chi connectivity index (χ0) is 15.1. The van der Waals surface area contributed by atoms with Crippen LogP contribution in [-0.2, 0) is 6.42 Å². The normalized spacial score (nSPS) is 11.9. The Morgan fingerprint density at radius 1 is 1.14 bits per heavy atom. The van der Waals surface area contributed by atoms with Crippen LogP contribution in [0.25, 0.3) is 0 Å². The van der Waals surface area contributed by atoms with Gasteiger partial charge in [-0.2, -0.15) is 0 Å². The predicted molar refractivity (Wildman–Crippen MR) is 86.7 cm³/mol. The molecule has 0 aromatic heterocycles. The lowest BCUT2D eigenvalue weighted by atomic mass is 10.1. The standard InChI is InChI=1S/C17H22N2O2/c1-2-21-16-10-6-9-15(17(16)18)19-14(12-20)11-13-7-4-3-5-8-13/h3-10,14,19-20H,2,11-12,18H2,1H3. The Bertz CT molecular complexity index is 558. The number of benzene rings is 2. The molecule has 2 aromatic carbocycles. The number of nitrogens with one attached hydrogen (secondary N) is 1. The average molecular weight is 286 g/mol. The second-order valence-corrected chi connectivity index (χ2v) is 4.86. The summed E-state index contributed by atoms with van der Waals surface area (Å²) < 4.78 is 5.48. The van der Waals surface area contributed by atoms with Crippen LogP contribution in [0, 0.1) is 0 Å². The quantitative estimate of drug-likeness (QED) is 0.685. The molecule has 2 aromatic rings. The third-order valence-electron chi connectivity index (χ3n) is 3.27. The SMILES string of the molecule is CCOc1cccc(NC(CO)Cc2ccccc2)c1N. The summed E-state index contributed by atoms with van der Waals surface area (Å²) in [6.07, 6.45) is 0.732. The molecule has 2 rings (SSSR count). The van der Waals surface area contributed by atoms with E-state index in [4.69, 9.17) is 10.5 Å². The minimum absolute atomic E-state index is 0.0349. The third kappa shape index (κ3) is 4.13. The van der Waals surface area contributed by atoms with Gasteiger partial charge in [0.2, 0.25) is 0 Å². The van der Waals surface area contributed by atoms with E-state index in [1.807, 2.05) is 55.5 Å². The van der Waals surface area contributed by atoms with Gasteiger partial charge in [-0.15, -0.1) is 0 Å². The fourth-order valence-corrected chi connectivity index (χ4v) is 2.23. The molecule has 1 atom stereocenters. The summed E-state index contributed by atoms with van der Waals surface area (Å²) in [5.74, 6) is 0.666. The second-order valence-electron chi connectivity index (χ2n) is 4.86. The smallest absolute Gasteiger partial charge is 0.144 e. The Labute approximate surface area is 125 Å². The fraction of sp³-hybridized carbons (Fsp3) is 0.294. The third-order valence-corrected chi connectivity index (χ3v) is 3.27. The zero-order valence-electron chi connectivity index (χ0n) is 12.3. The highest BCUT2D eigenvalue weighted by atomic mass is 16.5. The van der Waals surface area contributed by atoms with E-state index < -0.39 is 0 Å². The van der Waals surface area contributed by atoms with Crippen molar-refractivity contribution in [3.8, 4) is 5.75 Å². The molecule has 0 saturated heterocycles. The molecule has 0 spiro atoms. The minimum atomic E-state index is -0.0911. The largest absolute Gasteiger partial charge is 0.492 e. The van der Waals surface area contributed by atoms with Crippen molar-refractivity contribution < 1.29 is 9.84 Å². The summed E-state index contributed by atoms with van der Waals surface area (Å²) in [6.45, 7) is 2.53. The van der Waals surface area contributed by atoms with Gasteiger partial charge in [-0.05, 0) is 31.0 Å². The molecular weight excluding hydrogens is 264 g/mol. The minimum Gasteiger partial charge on any atom is -0.492 e. The monoisotopic (exact) mass is 286 g/mol. The van der Waals surface area contributed by atoms with Crippen molar-refractivity contribution in [3.63, 3.8) is 0 Å². The molecule has 0 fully saturated rings. The highest BCUT2D eigenvalue weighted by molar-refractivity contribution is 5.73. The lowest BCUT2D eigenvalue weighted by molar-refractivity contribution is 0.273. The number of para-hydroxylation sites is 1. The summed E-state index contributed by atoms with van der Waals surface area (Å²) in [7, 11) is 0. The van der Waals surface area contributed by atoms with Gasteiger partial charge in [0.1, 0.15) is 5.75 Å². The van der Waals surface area contributed by atoms with E-state index in [1.165, 1.54) is 5.56 Å². The van der Waals surface area contributed by atoms with Crippen molar-refractivity contribution in [1.82, 2.24) is 0 Å². The number of aliphatic hydroxyl groups is 1. The van der Waals surface area contributed by atoms with Crippen molar-refractivity contribution in [2.24, 2.45) is 0 Å². The number of hydrogen-bond donors (Lipinski definition) is 3. The van der Waals surface area contributed by atoms with Crippen LogP contribution in [0.1, 0.15) is 12.5 Å². The van der Waals surface area contributed by atoms with E-state index in [0.717, 1.165) is 12.1 Å². The van der Waals surface area contributed by atoms with Gasteiger partial charge in [0, 0.05) is 0 Å². The lowest BCUT2D eigenvalue weighted by Crippen LogP contribution is -2.26. The van der Waals surface area contributed by atoms with E-state index in [-0.39, 0.29) is 12.6 Å². The van der Waals surface area contributed by atoms with Crippen molar-refractivity contribution in [3.05, 3.63) is 54.1 Å². The first kappa shape index (κ1) is 15.2. The zero-order valence-corrected chi connectivity index (χ0v) is 12.3. The van der Waals surface area contributed by atoms with Crippen molar-refractivity contribution >= 4 is 11.4 Å². The fourth-order valence-electron chi connectivity index (χ4n) is 2.23. The summed E-state index contributed by atoms with van der Waals surface area (Å²) in [5, 5.41) is 12.9. The van der Waals surface area contributed by atoms with Gasteiger partial charge >= 0.3 is 0 Å². The van der Waals surface area contributed by atoms with Gasteiger partial charge in [0.25, 0.3) is 0 Å². The molecule has 1 unspecified atom stereocenters. The van der Waals surface area contributed by atoms with Gasteiger partial charge in [-0.1, -0.05) is 36.4 Å². The Hall–Kier alpha value is -2.20. The molecule has 0 bridgehead atoms. The molecule has 4 N–H and O–H groups in total. The van der Waals surface area contributed by atoms with Gasteiger partial charge < -0.3 is 20.9 Å². The van der Waals surface area contributed by atoms with E-state index in [9.17, 15) is 5.11 Å². The van der Waals surface area contributed by atoms with Crippen molar-refractivity contribution in [1.29, 1.82) is 0 Å². The Kier molecular flexibility index (Phi) is 5.46. The van der Waals surface area contributed by atoms with E-state index in [2.05, 4.69) is 5.32 Å². The Morgan fingerprint density at radius 3 is 2.57 bits per heavy atom. The van der Waals surface area contributed by atoms with Gasteiger partial charge in [-0.25, -0.2) is 0 Å². The number of nitrogens with two attached hydrogens (primary N) is 1. The maximum Gasteiger partial charge on any atom is 0.144 e. The molecule has 4 nitrogen and oxygen atoms in total. The molecule has 0 aliphatic carbocycles. The number of hydrogen-bond acceptors (Lipinski definition) is 4. The van der Waals surface area contributed by atoms with E-state index in [1.54, 1.807) is 0 Å².